The van der Waals surface area contributed by atoms with Crippen LogP contribution >= 0.6 is 11.6 Å². The number of nitrogens with two attached hydrogens (primary N) is 1. The normalized spacial score (nSPS) is 13.3. The highest BCUT2D eigenvalue weighted by Crippen LogP contribution is 2.22. The molecule has 0 saturated carbocycles. The van der Waals surface area contributed by atoms with Crippen molar-refractivity contribution in [1.82, 2.24) is 9.55 Å². The van der Waals surface area contributed by atoms with Crippen molar-refractivity contribution >= 4 is 22.6 Å². The fourth-order valence-corrected chi connectivity index (χ4v) is 1.96. The quantitative estimate of drug-likeness (QED) is 0.851. The molecule has 0 aliphatic heterocycles. The number of imidazole rings is 1. The first-order valence-corrected chi connectivity index (χ1v) is 5.42. The van der Waals surface area contributed by atoms with Crippen LogP contribution in [-0.2, 0) is 6.54 Å². The van der Waals surface area contributed by atoms with E-state index < -0.39 is 0 Å². The fourth-order valence-electron chi connectivity index (χ4n) is 1.79. The molecule has 1 aromatic carbocycles. The molecule has 1 aromatic heterocycles. The van der Waals surface area contributed by atoms with E-state index >= 15 is 0 Å². The Kier molecular flexibility index (Phi) is 2.67. The number of hydrogen-bond acceptors (Lipinski definition) is 2. The van der Waals surface area contributed by atoms with Crippen molar-refractivity contribution in [2.24, 2.45) is 5.73 Å². The lowest BCUT2D eigenvalue weighted by atomic mass is 10.3. The van der Waals surface area contributed by atoms with E-state index in [9.17, 15) is 0 Å². The summed E-state index contributed by atoms with van der Waals surface area (Å²) in [5.41, 5.74) is 7.88. The summed E-state index contributed by atoms with van der Waals surface area (Å²) in [6, 6.07) is 5.65. The predicted molar refractivity (Wildman–Crippen MR) is 63.0 cm³/mol. The van der Waals surface area contributed by atoms with E-state index in [1.165, 1.54) is 0 Å². The Morgan fingerprint density at radius 1 is 1.53 bits per heavy atom. The first-order chi connectivity index (χ1) is 7.13. The highest BCUT2D eigenvalue weighted by molar-refractivity contribution is 6.31. The maximum Gasteiger partial charge on any atom is 0.126 e. The minimum Gasteiger partial charge on any atom is -0.327 e. The van der Waals surface area contributed by atoms with Gasteiger partial charge >= 0.3 is 0 Å². The highest BCUT2D eigenvalue weighted by Gasteiger charge is 2.12. The molecule has 2 aromatic rings. The molecule has 0 radical (unpaired) electrons. The Bertz CT molecular complexity index is 488. The first-order valence-electron chi connectivity index (χ1n) is 5.04. The first kappa shape index (κ1) is 10.5. The van der Waals surface area contributed by atoms with Crippen LogP contribution in [0.25, 0.3) is 11.0 Å². The third-order valence-corrected chi connectivity index (χ3v) is 2.70. The van der Waals surface area contributed by atoms with Gasteiger partial charge in [0.15, 0.2) is 0 Å². The van der Waals surface area contributed by atoms with Gasteiger partial charge in [-0.05, 0) is 32.0 Å². The van der Waals surface area contributed by atoms with Gasteiger partial charge in [-0.3, -0.25) is 0 Å². The third kappa shape index (κ3) is 1.73. The molecule has 1 unspecified atom stereocenters. The minimum atomic E-state index is -0.0591. The summed E-state index contributed by atoms with van der Waals surface area (Å²) in [6.45, 7) is 4.87. The van der Waals surface area contributed by atoms with Crippen LogP contribution in [0.3, 0.4) is 0 Å². The van der Waals surface area contributed by atoms with Crippen molar-refractivity contribution < 1.29 is 0 Å². The van der Waals surface area contributed by atoms with E-state index in [-0.39, 0.29) is 6.04 Å². The summed E-state index contributed by atoms with van der Waals surface area (Å²) in [5.74, 6) is 0.912. The molecule has 1 atom stereocenters. The van der Waals surface area contributed by atoms with E-state index in [1.807, 2.05) is 25.1 Å². The Labute approximate surface area is 93.9 Å². The molecule has 0 spiro atoms. The second-order valence-electron chi connectivity index (χ2n) is 3.64. The Morgan fingerprint density at radius 2 is 2.27 bits per heavy atom. The van der Waals surface area contributed by atoms with Crippen molar-refractivity contribution in [1.29, 1.82) is 0 Å². The average molecular weight is 224 g/mol. The highest BCUT2D eigenvalue weighted by atomic mass is 35.5. The predicted octanol–water partition coefficient (Wildman–Crippen LogP) is 2.73. The molecule has 0 bridgehead atoms. The van der Waals surface area contributed by atoms with Gasteiger partial charge in [0.2, 0.25) is 0 Å². The van der Waals surface area contributed by atoms with Crippen LogP contribution in [0, 0.1) is 0 Å². The number of halogens is 1. The molecule has 15 heavy (non-hydrogen) atoms. The summed E-state index contributed by atoms with van der Waals surface area (Å²) in [5, 5.41) is 0.730. The monoisotopic (exact) mass is 223 g/mol. The molecular weight excluding hydrogens is 210 g/mol. The van der Waals surface area contributed by atoms with Crippen LogP contribution in [0.15, 0.2) is 18.2 Å². The molecular formula is C11H14ClN3. The number of rotatable bonds is 2. The molecule has 0 amide bonds. The topological polar surface area (TPSA) is 43.8 Å². The Morgan fingerprint density at radius 3 is 2.87 bits per heavy atom. The summed E-state index contributed by atoms with van der Waals surface area (Å²) >= 11 is 5.96. The van der Waals surface area contributed by atoms with Crippen molar-refractivity contribution in [2.75, 3.05) is 0 Å². The van der Waals surface area contributed by atoms with Crippen molar-refractivity contribution in [3.63, 3.8) is 0 Å². The minimum absolute atomic E-state index is 0.0591. The summed E-state index contributed by atoms with van der Waals surface area (Å²) in [4.78, 5) is 4.50. The van der Waals surface area contributed by atoms with E-state index in [0.29, 0.717) is 0 Å². The summed E-state index contributed by atoms with van der Waals surface area (Å²) < 4.78 is 2.10. The lowest BCUT2D eigenvalue weighted by molar-refractivity contribution is 0.650. The molecule has 1 heterocycles. The largest absolute Gasteiger partial charge is 0.327 e. The van der Waals surface area contributed by atoms with Gasteiger partial charge in [0, 0.05) is 11.6 Å². The van der Waals surface area contributed by atoms with Gasteiger partial charge in [0.05, 0.1) is 17.1 Å². The second-order valence-corrected chi connectivity index (χ2v) is 4.07. The van der Waals surface area contributed by atoms with Gasteiger partial charge in [-0.15, -0.1) is 0 Å². The second kappa shape index (κ2) is 3.83. The maximum atomic E-state index is 5.96. The van der Waals surface area contributed by atoms with Crippen LogP contribution in [0.1, 0.15) is 25.7 Å². The zero-order chi connectivity index (χ0) is 11.0. The molecule has 2 N–H and O–H groups in total. The van der Waals surface area contributed by atoms with E-state index in [2.05, 4.69) is 16.5 Å². The number of benzene rings is 1. The van der Waals surface area contributed by atoms with Crippen LogP contribution in [0.4, 0.5) is 0 Å². The van der Waals surface area contributed by atoms with Gasteiger partial charge in [0.25, 0.3) is 0 Å². The molecule has 0 fully saturated rings. The maximum absolute atomic E-state index is 5.96. The van der Waals surface area contributed by atoms with E-state index in [4.69, 9.17) is 17.3 Å². The molecule has 3 nitrogen and oxygen atoms in total. The van der Waals surface area contributed by atoms with Gasteiger partial charge < -0.3 is 10.3 Å². The lowest BCUT2D eigenvalue weighted by Gasteiger charge is -2.08. The lowest BCUT2D eigenvalue weighted by Crippen LogP contribution is -2.12. The standard InChI is InChI=1S/C11H14ClN3/c1-3-15-10-6-8(12)4-5-9(10)14-11(15)7(2)13/h4-7H,3,13H2,1-2H3. The zero-order valence-electron chi connectivity index (χ0n) is 8.87. The molecule has 0 aliphatic carbocycles. The number of aryl methyl sites for hydroxylation is 1. The SMILES string of the molecule is CCn1c(C(C)N)nc2ccc(Cl)cc21. The van der Waals surface area contributed by atoms with Crippen LogP contribution in [0.2, 0.25) is 5.02 Å². The third-order valence-electron chi connectivity index (χ3n) is 2.46. The summed E-state index contributed by atoms with van der Waals surface area (Å²) in [6.07, 6.45) is 0. The van der Waals surface area contributed by atoms with Gasteiger partial charge in [-0.25, -0.2) is 4.98 Å². The van der Waals surface area contributed by atoms with Gasteiger partial charge in [-0.2, -0.15) is 0 Å². The van der Waals surface area contributed by atoms with Crippen LogP contribution < -0.4 is 5.73 Å². The Balaban J connectivity index is 2.74. The molecule has 0 saturated heterocycles. The van der Waals surface area contributed by atoms with Crippen molar-refractivity contribution in [3.8, 4) is 0 Å². The Hall–Kier alpha value is -1.06. The average Bonchev–Trinajstić information content (AvgIpc) is 2.55. The van der Waals surface area contributed by atoms with Crippen molar-refractivity contribution in [3.05, 3.63) is 29.0 Å². The van der Waals surface area contributed by atoms with E-state index in [1.54, 1.807) is 0 Å². The number of nitrogens with zero attached hydrogens (tertiary/aromatic N) is 2. The van der Waals surface area contributed by atoms with Gasteiger partial charge in [0.1, 0.15) is 5.82 Å². The van der Waals surface area contributed by atoms with Crippen LogP contribution in [-0.4, -0.2) is 9.55 Å². The van der Waals surface area contributed by atoms with Crippen LogP contribution in [0.5, 0.6) is 0 Å². The number of hydrogen-bond donors (Lipinski definition) is 1. The molecule has 4 heteroatoms. The summed E-state index contributed by atoms with van der Waals surface area (Å²) in [7, 11) is 0. The zero-order valence-corrected chi connectivity index (χ0v) is 9.62. The van der Waals surface area contributed by atoms with Crippen molar-refractivity contribution in [2.45, 2.75) is 26.4 Å². The molecule has 80 valence electrons. The molecule has 0 aliphatic rings. The fraction of sp³-hybridized carbons (Fsp3) is 0.364. The molecule has 2 rings (SSSR count). The number of aromatic nitrogens is 2. The van der Waals surface area contributed by atoms with Gasteiger partial charge in [-0.1, -0.05) is 11.6 Å². The number of fused-ring (bicyclic) bond motifs is 1. The smallest absolute Gasteiger partial charge is 0.126 e. The van der Waals surface area contributed by atoms with E-state index in [0.717, 1.165) is 28.4 Å².